The van der Waals surface area contributed by atoms with Gasteiger partial charge in [0.05, 0.1) is 0 Å². The summed E-state index contributed by atoms with van der Waals surface area (Å²) < 4.78 is 0. The van der Waals surface area contributed by atoms with Crippen LogP contribution in [0.2, 0.25) is 13.1 Å². The van der Waals surface area contributed by atoms with Gasteiger partial charge in [0, 0.05) is 0 Å². The van der Waals surface area contributed by atoms with Crippen LogP contribution in [0, 0.1) is 0 Å². The van der Waals surface area contributed by atoms with Crippen molar-refractivity contribution in [2.24, 2.45) is 0 Å². The molecule has 1 aromatic rings. The van der Waals surface area contributed by atoms with Gasteiger partial charge in [0.25, 0.3) is 0 Å². The Morgan fingerprint density at radius 2 is 1.81 bits per heavy atom. The van der Waals surface area contributed by atoms with Crippen LogP contribution < -0.4 is 0 Å². The lowest BCUT2D eigenvalue weighted by Gasteiger charge is -2.08. The van der Waals surface area contributed by atoms with Gasteiger partial charge in [0.2, 0.25) is 8.32 Å². The van der Waals surface area contributed by atoms with Crippen LogP contribution in [0.3, 0.4) is 0 Å². The maximum absolute atomic E-state index is 9.85. The standard InChI is InChI=1S/C14H18OSi/c1-16(2,15)11-10-14(13-8-9-13)12-6-4-3-5-7-12/h3-7,10-11,15H,8-9H2,1-2H3/b11-10+. The van der Waals surface area contributed by atoms with Crippen LogP contribution >= 0.6 is 0 Å². The second kappa shape index (κ2) is 4.40. The van der Waals surface area contributed by atoms with E-state index in [1.54, 1.807) is 0 Å². The second-order valence-corrected chi connectivity index (χ2v) is 8.51. The summed E-state index contributed by atoms with van der Waals surface area (Å²) in [5, 5.41) is 0. The monoisotopic (exact) mass is 230 g/mol. The van der Waals surface area contributed by atoms with Crippen molar-refractivity contribution in [3.05, 3.63) is 53.2 Å². The molecule has 0 radical (unpaired) electrons. The molecule has 0 bridgehead atoms. The fraction of sp³-hybridized carbons (Fsp3) is 0.286. The van der Waals surface area contributed by atoms with E-state index in [0.29, 0.717) is 0 Å². The topological polar surface area (TPSA) is 20.2 Å². The van der Waals surface area contributed by atoms with Gasteiger partial charge < -0.3 is 4.80 Å². The van der Waals surface area contributed by atoms with E-state index in [4.69, 9.17) is 0 Å². The van der Waals surface area contributed by atoms with E-state index in [1.165, 1.54) is 29.6 Å². The number of benzene rings is 1. The molecule has 0 heterocycles. The Kier molecular flexibility index (Phi) is 3.12. The van der Waals surface area contributed by atoms with Crippen molar-refractivity contribution in [3.8, 4) is 0 Å². The Morgan fingerprint density at radius 1 is 1.19 bits per heavy atom. The first-order chi connectivity index (χ1) is 7.56. The fourth-order valence-corrected chi connectivity index (χ4v) is 2.23. The van der Waals surface area contributed by atoms with Gasteiger partial charge in [-0.3, -0.25) is 0 Å². The summed E-state index contributed by atoms with van der Waals surface area (Å²) in [4.78, 5) is 9.85. The van der Waals surface area contributed by atoms with Crippen LogP contribution in [0.15, 0.2) is 47.7 Å². The molecule has 0 atom stereocenters. The molecule has 0 unspecified atom stereocenters. The number of hydrogen-bond acceptors (Lipinski definition) is 1. The third-order valence-corrected chi connectivity index (χ3v) is 3.61. The van der Waals surface area contributed by atoms with Crippen molar-refractivity contribution < 1.29 is 4.80 Å². The Labute approximate surface area is 98.3 Å². The summed E-state index contributed by atoms with van der Waals surface area (Å²) in [5.41, 5.74) is 6.10. The molecule has 1 fully saturated rings. The molecule has 1 N–H and O–H groups in total. The van der Waals surface area contributed by atoms with Crippen LogP contribution in [0.25, 0.3) is 5.57 Å². The molecule has 1 aromatic carbocycles. The average Bonchev–Trinajstić information content (AvgIpc) is 3.02. The lowest BCUT2D eigenvalue weighted by atomic mass is 10.1. The molecule has 0 saturated heterocycles. The third-order valence-electron chi connectivity index (χ3n) is 2.62. The molecule has 1 saturated carbocycles. The first-order valence-electron chi connectivity index (χ1n) is 5.75. The van der Waals surface area contributed by atoms with E-state index in [-0.39, 0.29) is 0 Å². The van der Waals surface area contributed by atoms with Gasteiger partial charge in [-0.05, 0) is 37.1 Å². The summed E-state index contributed by atoms with van der Waals surface area (Å²) in [7, 11) is -2.09. The van der Waals surface area contributed by atoms with Crippen LogP contribution in [0.5, 0.6) is 0 Å². The van der Waals surface area contributed by atoms with Crippen molar-refractivity contribution in [2.75, 3.05) is 0 Å². The maximum atomic E-state index is 9.85. The molecule has 0 spiro atoms. The highest BCUT2D eigenvalue weighted by molar-refractivity contribution is 6.75. The Balaban J connectivity index is 2.28. The summed E-state index contributed by atoms with van der Waals surface area (Å²) in [6, 6.07) is 10.4. The van der Waals surface area contributed by atoms with E-state index in [9.17, 15) is 4.80 Å². The van der Waals surface area contributed by atoms with Crippen molar-refractivity contribution >= 4 is 13.9 Å². The molecule has 1 aliphatic rings. The summed E-state index contributed by atoms with van der Waals surface area (Å²) in [6.07, 6.45) is 4.54. The molecular formula is C14H18OSi. The zero-order valence-corrected chi connectivity index (χ0v) is 10.9. The van der Waals surface area contributed by atoms with Gasteiger partial charge in [-0.15, -0.1) is 0 Å². The van der Waals surface area contributed by atoms with Crippen molar-refractivity contribution in [1.29, 1.82) is 0 Å². The first-order valence-corrected chi connectivity index (χ1v) is 8.78. The molecular weight excluding hydrogens is 212 g/mol. The molecule has 0 aromatic heterocycles. The minimum absolute atomic E-state index is 1.21. The zero-order chi connectivity index (χ0) is 11.6. The summed E-state index contributed by atoms with van der Waals surface area (Å²) >= 11 is 0. The number of hydrogen-bond donors (Lipinski definition) is 1. The van der Waals surface area contributed by atoms with Crippen molar-refractivity contribution in [3.63, 3.8) is 0 Å². The molecule has 1 nitrogen and oxygen atoms in total. The van der Waals surface area contributed by atoms with Crippen LogP contribution in [0.1, 0.15) is 18.4 Å². The van der Waals surface area contributed by atoms with E-state index < -0.39 is 8.32 Å². The quantitative estimate of drug-likeness (QED) is 0.788. The molecule has 0 amide bonds. The minimum Gasteiger partial charge on any atom is -0.428 e. The summed E-state index contributed by atoms with van der Waals surface area (Å²) in [6.45, 7) is 3.87. The van der Waals surface area contributed by atoms with Crippen LogP contribution in [-0.4, -0.2) is 13.1 Å². The molecule has 84 valence electrons. The summed E-state index contributed by atoms with van der Waals surface area (Å²) in [5.74, 6) is 0. The third kappa shape index (κ3) is 3.19. The van der Waals surface area contributed by atoms with Crippen molar-refractivity contribution in [1.82, 2.24) is 0 Å². The largest absolute Gasteiger partial charge is 0.428 e. The minimum atomic E-state index is -2.09. The van der Waals surface area contributed by atoms with Gasteiger partial charge in [-0.25, -0.2) is 0 Å². The first kappa shape index (κ1) is 11.4. The normalized spacial score (nSPS) is 15.6. The van der Waals surface area contributed by atoms with Gasteiger partial charge in [0.15, 0.2) is 0 Å². The fourth-order valence-electron chi connectivity index (χ4n) is 1.66. The molecule has 16 heavy (non-hydrogen) atoms. The van der Waals surface area contributed by atoms with E-state index in [0.717, 1.165) is 0 Å². The highest BCUT2D eigenvalue weighted by Crippen LogP contribution is 2.37. The Bertz CT molecular complexity index is 418. The van der Waals surface area contributed by atoms with E-state index >= 15 is 0 Å². The highest BCUT2D eigenvalue weighted by Gasteiger charge is 2.18. The number of allylic oxidation sites excluding steroid dienone is 3. The Morgan fingerprint density at radius 3 is 2.31 bits per heavy atom. The van der Waals surface area contributed by atoms with E-state index in [1.807, 2.05) is 24.9 Å². The molecule has 1 aliphatic carbocycles. The van der Waals surface area contributed by atoms with E-state index in [2.05, 4.69) is 30.3 Å². The van der Waals surface area contributed by atoms with Gasteiger partial charge >= 0.3 is 0 Å². The van der Waals surface area contributed by atoms with Gasteiger partial charge in [-0.1, -0.05) is 47.7 Å². The van der Waals surface area contributed by atoms with Gasteiger partial charge in [0.1, 0.15) is 0 Å². The molecule has 0 aliphatic heterocycles. The number of rotatable bonds is 3. The average molecular weight is 230 g/mol. The Hall–Kier alpha value is -1.12. The van der Waals surface area contributed by atoms with Crippen molar-refractivity contribution in [2.45, 2.75) is 25.9 Å². The lowest BCUT2D eigenvalue weighted by molar-refractivity contribution is 0.567. The SMILES string of the molecule is C[Si](C)(O)/C=C/C(=C1CC1)c1ccccc1. The van der Waals surface area contributed by atoms with Crippen LogP contribution in [-0.2, 0) is 0 Å². The second-order valence-electron chi connectivity index (χ2n) is 4.87. The van der Waals surface area contributed by atoms with Crippen LogP contribution in [0.4, 0.5) is 0 Å². The predicted octanol–water partition coefficient (Wildman–Crippen LogP) is 3.53. The molecule has 2 rings (SSSR count). The van der Waals surface area contributed by atoms with Gasteiger partial charge in [-0.2, -0.15) is 0 Å². The molecule has 2 heteroatoms. The maximum Gasteiger partial charge on any atom is 0.206 e. The highest BCUT2D eigenvalue weighted by atomic mass is 28.4. The lowest BCUT2D eigenvalue weighted by Crippen LogP contribution is -2.21. The zero-order valence-electron chi connectivity index (χ0n) is 9.90. The predicted molar refractivity (Wildman–Crippen MR) is 71.4 cm³/mol. The smallest absolute Gasteiger partial charge is 0.206 e.